The third-order valence-corrected chi connectivity index (χ3v) is 4.17. The van der Waals surface area contributed by atoms with Gasteiger partial charge in [0.05, 0.1) is 22.4 Å². The lowest BCUT2D eigenvalue weighted by atomic mass is 10.3. The number of pyridine rings is 1. The van der Waals surface area contributed by atoms with Gasteiger partial charge in [-0.25, -0.2) is 9.78 Å². The third-order valence-electron chi connectivity index (χ3n) is 3.02. The van der Waals surface area contributed by atoms with Crippen LogP contribution in [0.5, 0.6) is 0 Å². The molecule has 0 amide bonds. The Labute approximate surface area is 126 Å². The fraction of sp³-hybridized carbons (Fsp3) is 0.357. The molecule has 0 aromatic carbocycles. The molecule has 0 saturated carbocycles. The summed E-state index contributed by atoms with van der Waals surface area (Å²) >= 11 is 3.46. The molecule has 0 atom stereocenters. The summed E-state index contributed by atoms with van der Waals surface area (Å²) in [6, 6.07) is 5.74. The highest BCUT2D eigenvalue weighted by Crippen LogP contribution is 2.17. The van der Waals surface area contributed by atoms with E-state index >= 15 is 0 Å². The molecule has 0 spiro atoms. The zero-order chi connectivity index (χ0) is 14.7. The molecule has 0 bridgehead atoms. The topological polar surface area (TPSA) is 59.8 Å². The van der Waals surface area contributed by atoms with Crippen LogP contribution < -0.4 is 11.0 Å². The van der Waals surface area contributed by atoms with Crippen molar-refractivity contribution in [1.82, 2.24) is 14.5 Å². The molecule has 1 N–H and O–H groups in total. The molecule has 6 heteroatoms. The van der Waals surface area contributed by atoms with Crippen molar-refractivity contribution in [3.8, 4) is 0 Å². The summed E-state index contributed by atoms with van der Waals surface area (Å²) in [6.07, 6.45) is 0. The lowest BCUT2D eigenvalue weighted by molar-refractivity contribution is 0.676. The van der Waals surface area contributed by atoms with Crippen LogP contribution in [-0.4, -0.2) is 21.1 Å². The van der Waals surface area contributed by atoms with Crippen molar-refractivity contribution in [3.63, 3.8) is 0 Å². The molecule has 106 valence electrons. The molecule has 2 aromatic heterocycles. The Morgan fingerprint density at radius 2 is 2.05 bits per heavy atom. The summed E-state index contributed by atoms with van der Waals surface area (Å²) in [5.74, 6) is 0.815. The molecular formula is C14H17BrN4O. The van der Waals surface area contributed by atoms with Gasteiger partial charge in [-0.15, -0.1) is 0 Å². The van der Waals surface area contributed by atoms with E-state index in [1.165, 1.54) is 0 Å². The van der Waals surface area contributed by atoms with Gasteiger partial charge in [-0.2, -0.15) is 4.98 Å². The van der Waals surface area contributed by atoms with Crippen molar-refractivity contribution in [1.29, 1.82) is 0 Å². The second kappa shape index (κ2) is 6.17. The summed E-state index contributed by atoms with van der Waals surface area (Å²) in [4.78, 5) is 20.5. The van der Waals surface area contributed by atoms with E-state index in [9.17, 15) is 4.79 Å². The fourth-order valence-corrected chi connectivity index (χ4v) is 2.27. The average molecular weight is 337 g/mol. The maximum Gasteiger partial charge on any atom is 0.348 e. The van der Waals surface area contributed by atoms with Crippen LogP contribution in [0.1, 0.15) is 24.0 Å². The van der Waals surface area contributed by atoms with Crippen molar-refractivity contribution in [2.24, 2.45) is 0 Å². The number of nitrogens with one attached hydrogen (secondary N) is 1. The van der Waals surface area contributed by atoms with Gasteiger partial charge < -0.3 is 5.32 Å². The molecule has 0 fully saturated rings. The Bertz CT molecular complexity index is 681. The molecule has 20 heavy (non-hydrogen) atoms. The highest BCUT2D eigenvalue weighted by Gasteiger charge is 2.10. The number of halogens is 1. The highest BCUT2D eigenvalue weighted by molar-refractivity contribution is 9.10. The van der Waals surface area contributed by atoms with Gasteiger partial charge in [0.2, 0.25) is 0 Å². The van der Waals surface area contributed by atoms with Crippen LogP contribution in [0.25, 0.3) is 0 Å². The number of anilines is 1. The van der Waals surface area contributed by atoms with Crippen LogP contribution in [0.4, 0.5) is 5.82 Å². The first-order valence-corrected chi connectivity index (χ1v) is 7.25. The van der Waals surface area contributed by atoms with Gasteiger partial charge in [-0.3, -0.25) is 4.57 Å². The number of aromatic nitrogens is 3. The second-order valence-corrected chi connectivity index (χ2v) is 5.30. The molecule has 2 rings (SSSR count). The van der Waals surface area contributed by atoms with Crippen LogP contribution in [0.2, 0.25) is 0 Å². The van der Waals surface area contributed by atoms with E-state index < -0.39 is 0 Å². The quantitative estimate of drug-likeness (QED) is 0.931. The molecule has 5 nitrogen and oxygen atoms in total. The minimum Gasteiger partial charge on any atom is -0.370 e. The molecule has 2 aromatic rings. The Kier molecular flexibility index (Phi) is 4.54. The van der Waals surface area contributed by atoms with Crippen molar-refractivity contribution >= 4 is 21.7 Å². The lowest BCUT2D eigenvalue weighted by Crippen LogP contribution is -2.27. The van der Waals surface area contributed by atoms with Crippen LogP contribution in [-0.2, 0) is 6.54 Å². The van der Waals surface area contributed by atoms with Gasteiger partial charge in [0.15, 0.2) is 0 Å². The summed E-state index contributed by atoms with van der Waals surface area (Å²) in [6.45, 7) is 6.95. The smallest absolute Gasteiger partial charge is 0.348 e. The molecule has 0 radical (unpaired) electrons. The van der Waals surface area contributed by atoms with E-state index in [0.717, 1.165) is 28.2 Å². The van der Waals surface area contributed by atoms with Gasteiger partial charge in [0, 0.05) is 12.2 Å². The number of hydrogen-bond donors (Lipinski definition) is 1. The molecule has 0 aliphatic carbocycles. The van der Waals surface area contributed by atoms with Gasteiger partial charge in [-0.1, -0.05) is 6.07 Å². The fourth-order valence-electron chi connectivity index (χ4n) is 1.97. The number of aryl methyl sites for hydroxylation is 1. The minimum atomic E-state index is -0.251. The summed E-state index contributed by atoms with van der Waals surface area (Å²) in [5.41, 5.74) is 2.14. The molecule has 2 heterocycles. The monoisotopic (exact) mass is 336 g/mol. The predicted molar refractivity (Wildman–Crippen MR) is 83.2 cm³/mol. The van der Waals surface area contributed by atoms with Gasteiger partial charge in [0.25, 0.3) is 0 Å². The van der Waals surface area contributed by atoms with Crippen molar-refractivity contribution in [2.75, 3.05) is 11.9 Å². The first kappa shape index (κ1) is 14.7. The van der Waals surface area contributed by atoms with E-state index in [1.54, 1.807) is 4.57 Å². The number of rotatable bonds is 4. The number of hydrogen-bond acceptors (Lipinski definition) is 4. The maximum absolute atomic E-state index is 12.0. The Balaban J connectivity index is 2.38. The van der Waals surface area contributed by atoms with Crippen molar-refractivity contribution in [3.05, 3.63) is 50.2 Å². The van der Waals surface area contributed by atoms with Gasteiger partial charge in [0.1, 0.15) is 5.82 Å². The van der Waals surface area contributed by atoms with Crippen LogP contribution in [0.3, 0.4) is 0 Å². The maximum atomic E-state index is 12.0. The molecule has 0 aliphatic rings. The molecule has 0 aliphatic heterocycles. The zero-order valence-electron chi connectivity index (χ0n) is 11.8. The second-order valence-electron chi connectivity index (χ2n) is 4.51. The van der Waals surface area contributed by atoms with Crippen molar-refractivity contribution in [2.45, 2.75) is 27.3 Å². The molecular weight excluding hydrogens is 320 g/mol. The van der Waals surface area contributed by atoms with Crippen LogP contribution in [0.15, 0.2) is 27.5 Å². The summed E-state index contributed by atoms with van der Waals surface area (Å²) in [5, 5.41) is 3.16. The van der Waals surface area contributed by atoms with E-state index in [0.29, 0.717) is 12.2 Å². The number of nitrogens with zero attached hydrogens (tertiary/aromatic N) is 3. The molecule has 0 saturated heterocycles. The van der Waals surface area contributed by atoms with E-state index in [1.807, 2.05) is 39.0 Å². The van der Waals surface area contributed by atoms with Gasteiger partial charge >= 0.3 is 5.69 Å². The minimum absolute atomic E-state index is 0.251. The largest absolute Gasteiger partial charge is 0.370 e. The lowest BCUT2D eigenvalue weighted by Gasteiger charge is -2.12. The average Bonchev–Trinajstić information content (AvgIpc) is 2.42. The van der Waals surface area contributed by atoms with E-state index in [4.69, 9.17) is 0 Å². The Morgan fingerprint density at radius 1 is 1.30 bits per heavy atom. The van der Waals surface area contributed by atoms with Crippen LogP contribution >= 0.6 is 15.9 Å². The SMILES string of the molecule is CCNc1cccc(Cn2c(C)c(Br)c(C)nc2=O)n1. The Hall–Kier alpha value is -1.69. The van der Waals surface area contributed by atoms with Crippen molar-refractivity contribution < 1.29 is 0 Å². The zero-order valence-corrected chi connectivity index (χ0v) is 13.4. The van der Waals surface area contributed by atoms with Gasteiger partial charge in [-0.05, 0) is 48.8 Å². The first-order chi connectivity index (χ1) is 9.52. The van der Waals surface area contributed by atoms with Crippen LogP contribution in [0, 0.1) is 13.8 Å². The first-order valence-electron chi connectivity index (χ1n) is 6.46. The van der Waals surface area contributed by atoms with E-state index in [2.05, 4.69) is 31.2 Å². The normalized spacial score (nSPS) is 10.6. The summed E-state index contributed by atoms with van der Waals surface area (Å²) < 4.78 is 2.48. The third kappa shape index (κ3) is 3.07. The highest BCUT2D eigenvalue weighted by atomic mass is 79.9. The Morgan fingerprint density at radius 3 is 2.75 bits per heavy atom. The molecule has 0 unspecified atom stereocenters. The summed E-state index contributed by atoms with van der Waals surface area (Å²) in [7, 11) is 0. The van der Waals surface area contributed by atoms with E-state index in [-0.39, 0.29) is 5.69 Å². The predicted octanol–water partition coefficient (Wildman–Crippen LogP) is 2.50. The standard InChI is InChI=1S/C14H17BrN4O/c1-4-16-12-7-5-6-11(18-12)8-19-10(3)13(15)9(2)17-14(19)20/h5-7H,4,8H2,1-3H3,(H,16,18).